The number of nitrogens with one attached hydrogen (secondary N) is 11. The number of amides is 13. The summed E-state index contributed by atoms with van der Waals surface area (Å²) in [6.07, 6.45) is 3.66. The van der Waals surface area contributed by atoms with Gasteiger partial charge in [-0.25, -0.2) is 4.79 Å². The van der Waals surface area contributed by atoms with E-state index in [1.165, 1.54) is 26.0 Å². The number of aromatic hydroxyl groups is 1. The van der Waals surface area contributed by atoms with Crippen molar-refractivity contribution in [1.29, 1.82) is 0 Å². The van der Waals surface area contributed by atoms with Gasteiger partial charge in [0.25, 0.3) is 0 Å². The molecule has 3 aliphatic rings. The number of primary amides is 2. The molecule has 116 heavy (non-hydrogen) atoms. The number of fused-ring (bicyclic) bond motifs is 1. The molecule has 4 rings (SSSR count). The summed E-state index contributed by atoms with van der Waals surface area (Å²) in [7, 11) is 0. The van der Waals surface area contributed by atoms with Crippen molar-refractivity contribution in [2.75, 3.05) is 32.1 Å². The lowest BCUT2D eigenvalue weighted by molar-refractivity contribution is -0.142. The fourth-order valence-corrected chi connectivity index (χ4v) is 15.3. The van der Waals surface area contributed by atoms with Gasteiger partial charge in [0.15, 0.2) is 11.6 Å². The number of carbonyl (C=O) groups is 16. The minimum Gasteiger partial charge on any atom is -0.508 e. The molecule has 1 aromatic rings. The van der Waals surface area contributed by atoms with Crippen molar-refractivity contribution in [2.45, 2.75) is 298 Å². The number of carboxylic acid groups (broad SMARTS) is 1. The largest absolute Gasteiger partial charge is 0.508 e. The Bertz CT molecular complexity index is 3540. The number of hydrogen-bond donors (Lipinski definition) is 19. The Hall–Kier alpha value is -9.17. The zero-order chi connectivity index (χ0) is 86.4. The lowest BCUT2D eigenvalue weighted by Crippen LogP contribution is -2.65. The van der Waals surface area contributed by atoms with Crippen LogP contribution in [-0.4, -0.2) is 230 Å². The molecule has 3 aliphatic heterocycles. The van der Waals surface area contributed by atoms with Crippen molar-refractivity contribution in [1.82, 2.24) is 58.5 Å². The number of Topliss-reactive ketones (excluding diaryl/α,β-unsaturated/α-hetero) is 3. The van der Waals surface area contributed by atoms with Crippen LogP contribution in [0.1, 0.15) is 215 Å². The zero-order valence-electron chi connectivity index (χ0n) is 68.0. The first-order valence-corrected chi connectivity index (χ1v) is 41.5. The van der Waals surface area contributed by atoms with Gasteiger partial charge in [-0.2, -0.15) is 11.8 Å². The van der Waals surface area contributed by atoms with Gasteiger partial charge in [0.1, 0.15) is 52.8 Å². The van der Waals surface area contributed by atoms with E-state index in [4.69, 9.17) is 27.7 Å². The molecule has 0 saturated carbocycles. The van der Waals surface area contributed by atoms with E-state index < -0.39 is 205 Å². The van der Waals surface area contributed by atoms with E-state index in [2.05, 4.69) is 58.5 Å². The number of carbonyl (C=O) groups excluding carboxylic acids is 15. The minimum atomic E-state index is -2.03. The molecule has 3 heterocycles. The predicted octanol–water partition coefficient (Wildman–Crippen LogP) is -0.0678. The monoisotopic (exact) mass is 1650 g/mol. The third kappa shape index (κ3) is 33.8. The lowest BCUT2D eigenvalue weighted by atomic mass is 9.89. The van der Waals surface area contributed by atoms with Gasteiger partial charge in [-0.05, 0) is 160 Å². The van der Waals surface area contributed by atoms with Crippen LogP contribution >= 0.6 is 11.8 Å². The summed E-state index contributed by atoms with van der Waals surface area (Å²) in [5, 5.41) is 71.2. The van der Waals surface area contributed by atoms with Crippen LogP contribution in [0.15, 0.2) is 36.4 Å². The molecular formula is C79H127N15O21S. The van der Waals surface area contributed by atoms with E-state index in [0.29, 0.717) is 49.3 Å². The highest BCUT2D eigenvalue weighted by Crippen LogP contribution is 2.33. The SMILES string of the molecule is CC[C@H](C)[C@H](NC(=O)[C@H](CCC(N)=O)NC(=O)[C@H](CC(=O)O)NC(=O)[C@@H](NC(=O)[C@]1(C)CCC/C=C/CCC[C@](C)(NC(=O)[C@H](CCCCN)NC(=O)[C@@H](N)Cc2ccc(O)cc2)C(=O)N[C@@H]([C@@H](C)O)C(=O)N[C@@H](CCC(N)=O)C(=O)C[C@@H](CO)C(=O)N1)[C@@H](C)CC)C(=O)CCCOCCCC(=O)CCCC[C@@H]1SC[C@@H]2NC(=O)N[C@@H]21. The molecule has 17 atom stereocenters. The number of aliphatic hydroxyl groups excluding tert-OH is 2. The summed E-state index contributed by atoms with van der Waals surface area (Å²) in [5.74, 6) is -15.8. The number of allylic oxidation sites excluding steroid dienone is 2. The van der Waals surface area contributed by atoms with Crippen LogP contribution in [0.3, 0.4) is 0 Å². The van der Waals surface area contributed by atoms with E-state index >= 15 is 4.79 Å². The second kappa shape index (κ2) is 50.5. The number of aliphatic carboxylic acids is 1. The van der Waals surface area contributed by atoms with Crippen LogP contribution in [0.5, 0.6) is 5.75 Å². The number of carboxylic acids is 1. The predicted molar refractivity (Wildman–Crippen MR) is 429 cm³/mol. The number of phenolic OH excluding ortho intramolecular Hbond substituents is 1. The fraction of sp³-hybridized carbons (Fsp3) is 0.696. The third-order valence-electron chi connectivity index (χ3n) is 21.4. The van der Waals surface area contributed by atoms with Crippen molar-refractivity contribution < 1.29 is 102 Å². The van der Waals surface area contributed by atoms with Crippen LogP contribution in [0.25, 0.3) is 0 Å². The number of hydrogen-bond acceptors (Lipinski definition) is 23. The average Bonchev–Trinajstić information content (AvgIpc) is 1.16. The topological polar surface area (TPSA) is 600 Å². The number of urea groups is 1. The average molecular weight is 1660 g/mol. The number of thioether (sulfide) groups is 1. The summed E-state index contributed by atoms with van der Waals surface area (Å²) in [4.78, 5) is 219. The molecule has 1 aromatic carbocycles. The molecule has 36 nitrogen and oxygen atoms in total. The number of ketones is 3. The smallest absolute Gasteiger partial charge is 0.315 e. The first kappa shape index (κ1) is 99.2. The molecule has 13 amide bonds. The summed E-state index contributed by atoms with van der Waals surface area (Å²) in [6, 6.07) is -6.20. The third-order valence-corrected chi connectivity index (χ3v) is 22.9. The number of rotatable bonds is 46. The van der Waals surface area contributed by atoms with Gasteiger partial charge in [-0.15, -0.1) is 0 Å². The Kier molecular flexibility index (Phi) is 43.1. The molecule has 2 saturated heterocycles. The number of phenols is 1. The maximum absolute atomic E-state index is 15.0. The summed E-state index contributed by atoms with van der Waals surface area (Å²) in [5.41, 5.74) is 19.7. The second-order valence-corrected chi connectivity index (χ2v) is 32.4. The molecule has 0 aromatic heterocycles. The molecule has 0 radical (unpaired) electrons. The van der Waals surface area contributed by atoms with Crippen molar-refractivity contribution in [3.8, 4) is 5.75 Å². The summed E-state index contributed by atoms with van der Waals surface area (Å²) < 4.78 is 5.75. The van der Waals surface area contributed by atoms with Gasteiger partial charge in [-0.1, -0.05) is 71.2 Å². The summed E-state index contributed by atoms with van der Waals surface area (Å²) in [6.45, 7) is 10.2. The number of unbranched alkanes of at least 4 members (excludes halogenated alkanes) is 2. The molecule has 0 unspecified atom stereocenters. The molecule has 2 fully saturated rings. The number of aliphatic hydroxyl groups is 2. The highest BCUT2D eigenvalue weighted by atomic mass is 32.2. The van der Waals surface area contributed by atoms with Gasteiger partial charge in [0, 0.05) is 62.7 Å². The number of nitrogens with two attached hydrogens (primary N) is 4. The Morgan fingerprint density at radius 1 is 0.655 bits per heavy atom. The van der Waals surface area contributed by atoms with E-state index in [1.807, 2.05) is 11.8 Å². The van der Waals surface area contributed by atoms with Crippen LogP contribution in [0.4, 0.5) is 4.79 Å². The van der Waals surface area contributed by atoms with E-state index in [0.717, 1.165) is 31.9 Å². The van der Waals surface area contributed by atoms with Crippen molar-refractivity contribution >= 4 is 106 Å². The molecule has 0 bridgehead atoms. The van der Waals surface area contributed by atoms with Gasteiger partial charge >= 0.3 is 12.0 Å². The molecular weight excluding hydrogens is 1530 g/mol. The van der Waals surface area contributed by atoms with Gasteiger partial charge < -0.3 is 107 Å². The van der Waals surface area contributed by atoms with Crippen molar-refractivity contribution in [2.24, 2.45) is 40.7 Å². The normalized spacial score (nSPS) is 23.6. The Balaban J connectivity index is 1.55. The quantitative estimate of drug-likeness (QED) is 0.0231. The van der Waals surface area contributed by atoms with Crippen LogP contribution in [0, 0.1) is 17.8 Å². The standard InChI is InChI=1S/C79H127N15O21S/c1-8-45(3)64(58(99)25-21-39-115-38-20-23-50(97)22-14-15-26-60-67-57(44-116-60)88-77(114)92-67)89-70(107)55(32-34-62(83)102)86-71(108)56(42-63(103)104)87-73(110)65(46(4)9-2)90-75(112)78(6)35-17-12-10-11-13-18-36-79(7,94-72(109)54(24-16-19-37-80)85-69(106)52(81)40-48-27-29-51(98)30-28-48)76(113)91-66(47(5)96)74(111)84-53(31-33-61(82)101)59(100)41-49(43-95)68(105)93-78/h10-11,27-30,45-47,49,52-57,60,64-67,95-96,98H,8-9,12-26,31-44,80-81H2,1-7H3,(H2,82,101)(H2,83,102)(H,84,111)(H,85,106)(H,86,108)(H,87,110)(H,89,107)(H,90,112)(H,91,113)(H,93,105)(H,94,109)(H,103,104)(H2,88,92,114)/b11-10+/t45-,46-,47+,49-,52-,53-,54-,55-,56-,57-,60-,64-,65-,66-,67-,78-,79-/m0/s1. The molecule has 0 aliphatic carbocycles. The molecule has 0 spiro atoms. The summed E-state index contributed by atoms with van der Waals surface area (Å²) >= 11 is 1.82. The van der Waals surface area contributed by atoms with Gasteiger partial charge in [-0.3, -0.25) is 71.9 Å². The number of ether oxygens (including phenoxy) is 1. The Morgan fingerprint density at radius 2 is 1.26 bits per heavy atom. The first-order chi connectivity index (χ1) is 54.9. The molecule has 37 heteroatoms. The van der Waals surface area contributed by atoms with Crippen LogP contribution in [0.2, 0.25) is 0 Å². The van der Waals surface area contributed by atoms with Gasteiger partial charge in [0.2, 0.25) is 65.0 Å². The van der Waals surface area contributed by atoms with Gasteiger partial charge in [0.05, 0.1) is 55.3 Å². The van der Waals surface area contributed by atoms with E-state index in [9.17, 15) is 92.3 Å². The van der Waals surface area contributed by atoms with Crippen LogP contribution < -0.4 is 81.4 Å². The maximum atomic E-state index is 15.0. The van der Waals surface area contributed by atoms with E-state index in [1.54, 1.807) is 52.0 Å². The van der Waals surface area contributed by atoms with Crippen molar-refractivity contribution in [3.63, 3.8) is 0 Å². The highest BCUT2D eigenvalue weighted by molar-refractivity contribution is 8.00. The first-order valence-electron chi connectivity index (χ1n) is 40.5. The highest BCUT2D eigenvalue weighted by Gasteiger charge is 2.45. The second-order valence-electron chi connectivity index (χ2n) is 31.2. The Morgan fingerprint density at radius 3 is 1.88 bits per heavy atom. The maximum Gasteiger partial charge on any atom is 0.315 e. The Labute approximate surface area is 682 Å². The van der Waals surface area contributed by atoms with E-state index in [-0.39, 0.29) is 126 Å². The minimum absolute atomic E-state index is 0.00753. The molecule has 650 valence electrons. The number of benzene rings is 1. The van der Waals surface area contributed by atoms with Crippen LogP contribution in [-0.2, 0) is 83.1 Å². The lowest BCUT2D eigenvalue weighted by Gasteiger charge is -2.34. The molecule has 23 N–H and O–H groups in total. The fourth-order valence-electron chi connectivity index (χ4n) is 13.7. The zero-order valence-corrected chi connectivity index (χ0v) is 68.8. The van der Waals surface area contributed by atoms with Crippen molar-refractivity contribution in [3.05, 3.63) is 42.0 Å².